The third-order valence-corrected chi connectivity index (χ3v) is 9.29. The summed E-state index contributed by atoms with van der Waals surface area (Å²) in [7, 11) is 0. The van der Waals surface area contributed by atoms with Gasteiger partial charge in [-0.3, -0.25) is 4.79 Å². The number of nitrogens with zero attached hydrogens (tertiary/aromatic N) is 1. The number of aliphatic hydroxyl groups is 4. The van der Waals surface area contributed by atoms with Crippen molar-refractivity contribution in [3.63, 3.8) is 0 Å². The number of piperidine rings is 1. The van der Waals surface area contributed by atoms with Crippen molar-refractivity contribution in [2.24, 2.45) is 17.8 Å². The minimum Gasteiger partial charge on any atom is -0.457 e. The van der Waals surface area contributed by atoms with Crippen LogP contribution in [0.3, 0.4) is 0 Å². The largest absolute Gasteiger partial charge is 0.457 e. The summed E-state index contributed by atoms with van der Waals surface area (Å²) in [4.78, 5) is 27.3. The summed E-state index contributed by atoms with van der Waals surface area (Å²) in [5.74, 6) is -0.500. The number of ether oxygens (including phenoxy) is 3. The number of carbonyl (C=O) groups excluding carboxylic acids is 2. The van der Waals surface area contributed by atoms with E-state index in [1.54, 1.807) is 19.1 Å². The van der Waals surface area contributed by atoms with Gasteiger partial charge >= 0.3 is 12.1 Å². The fraction of sp³-hybridized carbons (Fsp3) is 0.765. The molecule has 2 saturated heterocycles. The van der Waals surface area contributed by atoms with Crippen LogP contribution in [0, 0.1) is 17.8 Å². The number of aliphatic hydroxyl groups excluding tert-OH is 3. The van der Waals surface area contributed by atoms with Crippen LogP contribution in [0.4, 0.5) is 4.79 Å². The topological polar surface area (TPSA) is 149 Å². The lowest BCUT2D eigenvalue weighted by molar-refractivity contribution is -0.151. The molecule has 0 aromatic heterocycles. The van der Waals surface area contributed by atoms with Crippen LogP contribution in [0.1, 0.15) is 86.5 Å². The summed E-state index contributed by atoms with van der Waals surface area (Å²) in [6, 6.07) is 0. The Bertz CT molecular complexity index is 1030. The maximum atomic E-state index is 13.0. The van der Waals surface area contributed by atoms with E-state index in [0.29, 0.717) is 32.4 Å². The van der Waals surface area contributed by atoms with Crippen molar-refractivity contribution in [1.29, 1.82) is 0 Å². The van der Waals surface area contributed by atoms with Gasteiger partial charge in [-0.1, -0.05) is 52.0 Å². The van der Waals surface area contributed by atoms with Crippen molar-refractivity contribution in [2.45, 2.75) is 135 Å². The Morgan fingerprint density at radius 2 is 1.86 bits per heavy atom. The fourth-order valence-corrected chi connectivity index (χ4v) is 6.02. The molecular formula is C34H55NO9. The number of esters is 1. The lowest BCUT2D eigenvalue weighted by Crippen LogP contribution is -2.47. The molecule has 10 nitrogen and oxygen atoms in total. The van der Waals surface area contributed by atoms with E-state index in [4.69, 9.17) is 14.2 Å². The maximum absolute atomic E-state index is 13.0. The Hall–Kier alpha value is -2.24. The molecule has 0 aromatic carbocycles. The van der Waals surface area contributed by atoms with Gasteiger partial charge in [-0.15, -0.1) is 0 Å². The highest BCUT2D eigenvalue weighted by Crippen LogP contribution is 2.36. The van der Waals surface area contributed by atoms with E-state index in [-0.39, 0.29) is 55.3 Å². The molecule has 0 bridgehead atoms. The van der Waals surface area contributed by atoms with Crippen LogP contribution >= 0.6 is 0 Å². The van der Waals surface area contributed by atoms with Crippen molar-refractivity contribution >= 4 is 12.1 Å². The van der Waals surface area contributed by atoms with Crippen molar-refractivity contribution in [1.82, 2.24) is 4.90 Å². The minimum atomic E-state index is -1.48. The molecule has 3 aliphatic rings. The SMILES string of the molecule is CCC(O)C(C)C1OC1CC(C)C=CC=C(C)C1OC(=O)CC(O)CCC(C)(O)C(OC(=O)N2CCC(O)CC2)C=CC1C. The molecular weight excluding hydrogens is 566 g/mol. The van der Waals surface area contributed by atoms with Crippen LogP contribution in [0.25, 0.3) is 0 Å². The van der Waals surface area contributed by atoms with Gasteiger partial charge in [0.1, 0.15) is 11.7 Å². The molecule has 0 spiro atoms. The van der Waals surface area contributed by atoms with Crippen molar-refractivity contribution in [2.75, 3.05) is 13.1 Å². The van der Waals surface area contributed by atoms with E-state index in [1.165, 1.54) is 4.90 Å². The molecule has 10 atom stereocenters. The molecule has 3 aliphatic heterocycles. The van der Waals surface area contributed by atoms with Crippen molar-refractivity contribution < 1.29 is 44.2 Å². The number of carbonyl (C=O) groups is 2. The molecule has 3 rings (SSSR count). The highest BCUT2D eigenvalue weighted by Gasteiger charge is 2.45. The Kier molecular flexibility index (Phi) is 13.5. The molecule has 0 saturated carbocycles. The molecule has 3 heterocycles. The third-order valence-electron chi connectivity index (χ3n) is 9.29. The van der Waals surface area contributed by atoms with Crippen molar-refractivity contribution in [3.8, 4) is 0 Å². The van der Waals surface area contributed by atoms with Gasteiger partial charge in [-0.05, 0) is 69.9 Å². The average molecular weight is 622 g/mol. The van der Waals surface area contributed by atoms with Gasteiger partial charge in [0, 0.05) is 24.9 Å². The van der Waals surface area contributed by atoms with E-state index in [0.717, 1.165) is 12.0 Å². The normalized spacial score (nSPS) is 34.9. The molecule has 0 aromatic rings. The van der Waals surface area contributed by atoms with E-state index >= 15 is 0 Å². The van der Waals surface area contributed by atoms with Crippen LogP contribution in [0.2, 0.25) is 0 Å². The maximum Gasteiger partial charge on any atom is 0.410 e. The first-order valence-corrected chi connectivity index (χ1v) is 16.3. The summed E-state index contributed by atoms with van der Waals surface area (Å²) in [6.45, 7) is 12.2. The zero-order valence-corrected chi connectivity index (χ0v) is 27.3. The van der Waals surface area contributed by atoms with Gasteiger partial charge in [0.2, 0.25) is 0 Å². The lowest BCUT2D eigenvalue weighted by atomic mass is 9.88. The van der Waals surface area contributed by atoms with Crippen LogP contribution in [0.15, 0.2) is 36.0 Å². The molecule has 2 fully saturated rings. The monoisotopic (exact) mass is 621 g/mol. The summed E-state index contributed by atoms with van der Waals surface area (Å²) < 4.78 is 17.5. The zero-order valence-electron chi connectivity index (χ0n) is 27.3. The van der Waals surface area contributed by atoms with E-state index in [2.05, 4.69) is 13.0 Å². The minimum absolute atomic E-state index is 0.0910. The molecule has 0 radical (unpaired) electrons. The summed E-state index contributed by atoms with van der Waals surface area (Å²) in [5, 5.41) is 41.8. The smallest absolute Gasteiger partial charge is 0.410 e. The fourth-order valence-electron chi connectivity index (χ4n) is 6.02. The summed E-state index contributed by atoms with van der Waals surface area (Å²) in [5.41, 5.74) is -0.681. The predicted molar refractivity (Wildman–Crippen MR) is 167 cm³/mol. The average Bonchev–Trinajstić information content (AvgIpc) is 3.74. The first-order chi connectivity index (χ1) is 20.7. The van der Waals surface area contributed by atoms with Gasteiger partial charge in [-0.2, -0.15) is 0 Å². The first-order valence-electron chi connectivity index (χ1n) is 16.3. The number of allylic oxidation sites excluding steroid dienone is 3. The second-order valence-electron chi connectivity index (χ2n) is 13.4. The number of hydrogen-bond acceptors (Lipinski definition) is 9. The summed E-state index contributed by atoms with van der Waals surface area (Å²) in [6.07, 6.45) is 8.11. The van der Waals surface area contributed by atoms with Crippen LogP contribution in [-0.2, 0) is 19.0 Å². The molecule has 250 valence electrons. The Balaban J connectivity index is 1.71. The van der Waals surface area contributed by atoms with Crippen LogP contribution in [-0.4, -0.2) is 98.8 Å². The van der Waals surface area contributed by atoms with Gasteiger partial charge < -0.3 is 39.5 Å². The zero-order chi connectivity index (χ0) is 32.6. The Morgan fingerprint density at radius 3 is 2.52 bits per heavy atom. The number of hydrogen-bond donors (Lipinski definition) is 4. The third kappa shape index (κ3) is 10.7. The number of likely N-dealkylation sites (tertiary alicyclic amines) is 1. The molecule has 0 aliphatic carbocycles. The second kappa shape index (κ2) is 16.4. The standard InChI is InChI=1S/C34H55NO9/c1-7-27(38)24(5)32-28(42-32)19-21(2)9-8-10-22(3)31-23(4)11-12-29(43-33(40)35-17-14-25(36)15-18-35)34(6,41)16-13-26(37)20-30(39)44-31/h8-12,21,23-29,31-32,36-38,41H,7,13-20H2,1-6H3. The van der Waals surface area contributed by atoms with Gasteiger partial charge in [0.05, 0.1) is 36.9 Å². The number of amides is 1. The second-order valence-corrected chi connectivity index (χ2v) is 13.4. The van der Waals surface area contributed by atoms with Gasteiger partial charge in [-0.25, -0.2) is 4.79 Å². The quantitative estimate of drug-likeness (QED) is 0.129. The molecule has 4 N–H and O–H groups in total. The van der Waals surface area contributed by atoms with E-state index in [9.17, 15) is 30.0 Å². The highest BCUT2D eigenvalue weighted by atomic mass is 16.6. The van der Waals surface area contributed by atoms with E-state index in [1.807, 2.05) is 39.8 Å². The van der Waals surface area contributed by atoms with Crippen LogP contribution < -0.4 is 0 Å². The highest BCUT2D eigenvalue weighted by molar-refractivity contribution is 5.70. The Morgan fingerprint density at radius 1 is 1.18 bits per heavy atom. The number of epoxide rings is 1. The molecule has 44 heavy (non-hydrogen) atoms. The number of cyclic esters (lactones) is 1. The van der Waals surface area contributed by atoms with E-state index < -0.39 is 42.1 Å². The van der Waals surface area contributed by atoms with Crippen molar-refractivity contribution in [3.05, 3.63) is 36.0 Å². The first kappa shape index (κ1) is 36.2. The Labute approximate surface area is 262 Å². The summed E-state index contributed by atoms with van der Waals surface area (Å²) >= 11 is 0. The van der Waals surface area contributed by atoms with Crippen LogP contribution in [0.5, 0.6) is 0 Å². The number of rotatable bonds is 9. The molecule has 1 amide bonds. The van der Waals surface area contributed by atoms with Gasteiger partial charge in [0.25, 0.3) is 0 Å². The van der Waals surface area contributed by atoms with Gasteiger partial charge in [0.15, 0.2) is 6.10 Å². The molecule has 10 heteroatoms. The lowest BCUT2D eigenvalue weighted by Gasteiger charge is -2.35. The molecule has 10 unspecified atom stereocenters. The predicted octanol–water partition coefficient (Wildman–Crippen LogP) is 4.05.